The first-order valence-corrected chi connectivity index (χ1v) is 7.19. The molecular weight excluding hydrogens is 248 g/mol. The second-order valence-corrected chi connectivity index (χ2v) is 5.56. The molecule has 3 rings (SSSR count). The van der Waals surface area contributed by atoms with Crippen LogP contribution in [0.25, 0.3) is 0 Å². The van der Waals surface area contributed by atoms with Crippen LogP contribution in [0, 0.1) is 0 Å². The highest BCUT2D eigenvalue weighted by Gasteiger charge is 2.34. The van der Waals surface area contributed by atoms with Crippen molar-refractivity contribution in [2.75, 3.05) is 6.54 Å². The summed E-state index contributed by atoms with van der Waals surface area (Å²) in [5, 5.41) is 13.8. The van der Waals surface area contributed by atoms with Crippen LogP contribution in [0.1, 0.15) is 36.6 Å². The first-order valence-electron chi connectivity index (χ1n) is 7.19. The maximum absolute atomic E-state index is 10.3. The number of pyridine rings is 1. The molecule has 0 bridgehead atoms. The lowest BCUT2D eigenvalue weighted by atomic mass is 9.80. The molecular formula is C17H20N2O. The van der Waals surface area contributed by atoms with Gasteiger partial charge >= 0.3 is 0 Å². The van der Waals surface area contributed by atoms with Gasteiger partial charge in [0, 0.05) is 12.7 Å². The Morgan fingerprint density at radius 2 is 1.85 bits per heavy atom. The van der Waals surface area contributed by atoms with E-state index < -0.39 is 5.60 Å². The van der Waals surface area contributed by atoms with Crippen LogP contribution in [0.4, 0.5) is 0 Å². The van der Waals surface area contributed by atoms with E-state index in [4.69, 9.17) is 0 Å². The zero-order valence-corrected chi connectivity index (χ0v) is 11.5. The van der Waals surface area contributed by atoms with E-state index >= 15 is 0 Å². The topological polar surface area (TPSA) is 45.1 Å². The third-order valence-corrected chi connectivity index (χ3v) is 4.04. The van der Waals surface area contributed by atoms with Gasteiger partial charge in [-0.3, -0.25) is 4.98 Å². The Kier molecular flexibility index (Phi) is 3.81. The molecule has 0 aliphatic heterocycles. The molecule has 0 spiro atoms. The van der Waals surface area contributed by atoms with Gasteiger partial charge in [0.2, 0.25) is 0 Å². The van der Waals surface area contributed by atoms with Gasteiger partial charge in [-0.05, 0) is 37.0 Å². The zero-order valence-electron chi connectivity index (χ0n) is 11.5. The number of benzene rings is 1. The van der Waals surface area contributed by atoms with Crippen LogP contribution in [-0.2, 0) is 0 Å². The molecule has 1 saturated carbocycles. The molecule has 1 aliphatic carbocycles. The molecule has 0 radical (unpaired) electrons. The number of hydrogen-bond donors (Lipinski definition) is 2. The monoisotopic (exact) mass is 268 g/mol. The summed E-state index contributed by atoms with van der Waals surface area (Å²) in [7, 11) is 0. The fraction of sp³-hybridized carbons (Fsp3) is 0.353. The van der Waals surface area contributed by atoms with Crippen molar-refractivity contribution in [3.05, 3.63) is 66.0 Å². The van der Waals surface area contributed by atoms with Gasteiger partial charge in [-0.2, -0.15) is 0 Å². The fourth-order valence-corrected chi connectivity index (χ4v) is 2.64. The summed E-state index contributed by atoms with van der Waals surface area (Å²) < 4.78 is 0. The predicted molar refractivity (Wildman–Crippen MR) is 79.3 cm³/mol. The third kappa shape index (κ3) is 2.89. The Bertz CT molecular complexity index is 498. The molecule has 0 amide bonds. The zero-order chi connectivity index (χ0) is 13.8. The minimum atomic E-state index is -0.526. The molecule has 104 valence electrons. The lowest BCUT2D eigenvalue weighted by molar-refractivity contribution is -0.0325. The average Bonchev–Trinajstić information content (AvgIpc) is 2.48. The van der Waals surface area contributed by atoms with Gasteiger partial charge in [0.15, 0.2) is 0 Å². The highest BCUT2D eigenvalue weighted by Crippen LogP contribution is 2.32. The SMILES string of the molecule is OC1(CNC(c2ccccc2)c2ccccn2)CCC1. The molecule has 2 N–H and O–H groups in total. The van der Waals surface area contributed by atoms with Crippen molar-refractivity contribution in [1.82, 2.24) is 10.3 Å². The first-order chi connectivity index (χ1) is 9.77. The summed E-state index contributed by atoms with van der Waals surface area (Å²) in [5.41, 5.74) is 1.64. The van der Waals surface area contributed by atoms with Gasteiger partial charge < -0.3 is 10.4 Å². The highest BCUT2D eigenvalue weighted by molar-refractivity contribution is 5.27. The molecule has 1 aromatic heterocycles. The van der Waals surface area contributed by atoms with E-state index in [0.29, 0.717) is 6.54 Å². The molecule has 1 heterocycles. The molecule has 1 atom stereocenters. The maximum atomic E-state index is 10.3. The fourth-order valence-electron chi connectivity index (χ4n) is 2.64. The Balaban J connectivity index is 1.80. The van der Waals surface area contributed by atoms with Crippen molar-refractivity contribution in [2.45, 2.75) is 30.9 Å². The van der Waals surface area contributed by atoms with Crippen LogP contribution < -0.4 is 5.32 Å². The van der Waals surface area contributed by atoms with Crippen LogP contribution in [0.3, 0.4) is 0 Å². The van der Waals surface area contributed by atoms with Crippen LogP contribution in [0.2, 0.25) is 0 Å². The molecule has 2 aromatic rings. The maximum Gasteiger partial charge on any atom is 0.0771 e. The largest absolute Gasteiger partial charge is 0.389 e. The minimum Gasteiger partial charge on any atom is -0.389 e. The van der Waals surface area contributed by atoms with E-state index in [1.807, 2.05) is 42.6 Å². The summed E-state index contributed by atoms with van der Waals surface area (Å²) in [4.78, 5) is 4.46. The smallest absolute Gasteiger partial charge is 0.0771 e. The van der Waals surface area contributed by atoms with Crippen molar-refractivity contribution in [3.63, 3.8) is 0 Å². The van der Waals surface area contributed by atoms with Gasteiger partial charge in [0.25, 0.3) is 0 Å². The van der Waals surface area contributed by atoms with E-state index in [-0.39, 0.29) is 6.04 Å². The molecule has 3 nitrogen and oxygen atoms in total. The van der Waals surface area contributed by atoms with Crippen LogP contribution in [-0.4, -0.2) is 22.2 Å². The lowest BCUT2D eigenvalue weighted by Crippen LogP contribution is -2.47. The van der Waals surface area contributed by atoms with E-state index in [1.54, 1.807) is 0 Å². The van der Waals surface area contributed by atoms with Crippen LogP contribution >= 0.6 is 0 Å². The molecule has 1 aliphatic rings. The quantitative estimate of drug-likeness (QED) is 0.876. The standard InChI is InChI=1S/C17H20N2O/c20-17(10-6-11-17)13-19-16(14-7-2-1-3-8-14)15-9-4-5-12-18-15/h1-5,7-9,12,16,19-20H,6,10-11,13H2. The lowest BCUT2D eigenvalue weighted by Gasteiger charge is -2.38. The molecule has 3 heteroatoms. The second-order valence-electron chi connectivity index (χ2n) is 5.56. The predicted octanol–water partition coefficient (Wildman–Crippen LogP) is 2.68. The second kappa shape index (κ2) is 5.73. The molecule has 1 fully saturated rings. The number of nitrogens with zero attached hydrogens (tertiary/aromatic N) is 1. The highest BCUT2D eigenvalue weighted by atomic mass is 16.3. The Labute approximate surface area is 119 Å². The average molecular weight is 268 g/mol. The van der Waals surface area contributed by atoms with Crippen LogP contribution in [0.15, 0.2) is 54.7 Å². The van der Waals surface area contributed by atoms with Gasteiger partial charge in [-0.25, -0.2) is 0 Å². The van der Waals surface area contributed by atoms with E-state index in [0.717, 1.165) is 25.0 Å². The Morgan fingerprint density at radius 1 is 1.10 bits per heavy atom. The summed E-state index contributed by atoms with van der Waals surface area (Å²) in [6, 6.07) is 16.2. The molecule has 1 aromatic carbocycles. The molecule has 0 saturated heterocycles. The number of rotatable bonds is 5. The Morgan fingerprint density at radius 3 is 2.45 bits per heavy atom. The van der Waals surface area contributed by atoms with Crippen molar-refractivity contribution >= 4 is 0 Å². The number of aromatic nitrogens is 1. The van der Waals surface area contributed by atoms with Gasteiger partial charge in [-0.1, -0.05) is 36.4 Å². The third-order valence-electron chi connectivity index (χ3n) is 4.04. The molecule has 20 heavy (non-hydrogen) atoms. The van der Waals surface area contributed by atoms with Crippen molar-refractivity contribution in [3.8, 4) is 0 Å². The number of aliphatic hydroxyl groups is 1. The first kappa shape index (κ1) is 13.3. The summed E-state index contributed by atoms with van der Waals surface area (Å²) >= 11 is 0. The summed E-state index contributed by atoms with van der Waals surface area (Å²) in [5.74, 6) is 0. The van der Waals surface area contributed by atoms with Crippen LogP contribution in [0.5, 0.6) is 0 Å². The van der Waals surface area contributed by atoms with E-state index in [2.05, 4.69) is 22.4 Å². The summed E-state index contributed by atoms with van der Waals surface area (Å²) in [6.07, 6.45) is 4.72. The number of nitrogens with one attached hydrogen (secondary N) is 1. The van der Waals surface area contributed by atoms with E-state index in [9.17, 15) is 5.11 Å². The Hall–Kier alpha value is -1.71. The minimum absolute atomic E-state index is 0.0297. The van der Waals surface area contributed by atoms with Gasteiger partial charge in [-0.15, -0.1) is 0 Å². The van der Waals surface area contributed by atoms with Gasteiger partial charge in [0.05, 0.1) is 17.3 Å². The van der Waals surface area contributed by atoms with Crippen molar-refractivity contribution in [1.29, 1.82) is 0 Å². The summed E-state index contributed by atoms with van der Waals surface area (Å²) in [6.45, 7) is 0.614. The van der Waals surface area contributed by atoms with Crippen molar-refractivity contribution < 1.29 is 5.11 Å². The molecule has 1 unspecified atom stereocenters. The van der Waals surface area contributed by atoms with Gasteiger partial charge in [0.1, 0.15) is 0 Å². The van der Waals surface area contributed by atoms with E-state index in [1.165, 1.54) is 5.56 Å². The van der Waals surface area contributed by atoms with Crippen molar-refractivity contribution in [2.24, 2.45) is 0 Å². The normalized spacial score (nSPS) is 18.2. The number of hydrogen-bond acceptors (Lipinski definition) is 3.